The van der Waals surface area contributed by atoms with Crippen LogP contribution in [-0.2, 0) is 16.0 Å². The lowest BCUT2D eigenvalue weighted by atomic mass is 10.1. The number of nitrogens with zero attached hydrogens (tertiary/aromatic N) is 3. The van der Waals surface area contributed by atoms with Crippen molar-refractivity contribution in [1.29, 1.82) is 0 Å². The highest BCUT2D eigenvalue weighted by atomic mass is 19.1. The van der Waals surface area contributed by atoms with Crippen LogP contribution in [0.25, 0.3) is 0 Å². The Morgan fingerprint density at radius 2 is 1.93 bits per heavy atom. The lowest BCUT2D eigenvalue weighted by molar-refractivity contribution is -0.260. The quantitative estimate of drug-likeness (QED) is 0.831. The molecule has 0 bridgehead atoms. The second-order valence-corrected chi connectivity index (χ2v) is 7.47. The van der Waals surface area contributed by atoms with Gasteiger partial charge < -0.3 is 19.7 Å². The summed E-state index contributed by atoms with van der Waals surface area (Å²) in [6.07, 6.45) is 3.53. The highest BCUT2D eigenvalue weighted by Gasteiger charge is 2.42. The van der Waals surface area contributed by atoms with E-state index < -0.39 is 17.6 Å². The number of urea groups is 1. The van der Waals surface area contributed by atoms with E-state index in [2.05, 4.69) is 15.2 Å². The molecule has 7 nitrogen and oxygen atoms in total. The summed E-state index contributed by atoms with van der Waals surface area (Å²) in [7, 11) is 0. The molecule has 2 saturated heterocycles. The van der Waals surface area contributed by atoms with E-state index >= 15 is 0 Å². The van der Waals surface area contributed by atoms with Crippen molar-refractivity contribution in [2.75, 3.05) is 44.7 Å². The summed E-state index contributed by atoms with van der Waals surface area (Å²) in [5, 5.41) is 2.61. The van der Waals surface area contributed by atoms with Gasteiger partial charge in [-0.15, -0.1) is 0 Å². The molecule has 0 aliphatic carbocycles. The number of halogens is 2. The highest BCUT2D eigenvalue weighted by molar-refractivity contribution is 5.89. The maximum atomic E-state index is 14.0. The number of nitrogens with one attached hydrogen (secondary N) is 1. The standard InChI is InChI=1S/C21H24F2N4O3/c22-17-4-1-2-5-19(17)25-20(28)27-9-11-30-21(15-27)14-26(8-3-10-29-21)13-16-6-7-24-12-18(16)23/h1-2,4-7,12H,3,8-11,13-15H2,(H,25,28). The number of aromatic nitrogens is 1. The van der Waals surface area contributed by atoms with E-state index in [1.54, 1.807) is 29.3 Å². The van der Waals surface area contributed by atoms with Crippen molar-refractivity contribution < 1.29 is 23.0 Å². The Hall–Kier alpha value is -2.62. The maximum Gasteiger partial charge on any atom is 0.322 e. The fourth-order valence-electron chi connectivity index (χ4n) is 3.79. The van der Waals surface area contributed by atoms with E-state index in [1.165, 1.54) is 18.3 Å². The van der Waals surface area contributed by atoms with Crippen molar-refractivity contribution in [3.05, 3.63) is 59.9 Å². The number of morpholine rings is 1. The lowest BCUT2D eigenvalue weighted by Crippen LogP contribution is -2.59. The topological polar surface area (TPSA) is 66.9 Å². The first kappa shape index (κ1) is 20.6. The average Bonchev–Trinajstić information content (AvgIpc) is 2.93. The molecule has 1 unspecified atom stereocenters. The minimum absolute atomic E-state index is 0.125. The van der Waals surface area contributed by atoms with Crippen molar-refractivity contribution in [1.82, 2.24) is 14.8 Å². The van der Waals surface area contributed by atoms with Crippen LogP contribution in [0.15, 0.2) is 42.7 Å². The molecule has 2 aromatic rings. The molecule has 2 amide bonds. The number of hydrogen-bond donors (Lipinski definition) is 1. The summed E-state index contributed by atoms with van der Waals surface area (Å²) in [5.74, 6) is -1.86. The van der Waals surface area contributed by atoms with Crippen molar-refractivity contribution in [3.63, 3.8) is 0 Å². The number of ether oxygens (including phenoxy) is 2. The molecule has 0 radical (unpaired) electrons. The summed E-state index contributed by atoms with van der Waals surface area (Å²) in [6, 6.07) is 7.27. The molecule has 160 valence electrons. The van der Waals surface area contributed by atoms with E-state index in [0.29, 0.717) is 45.0 Å². The number of anilines is 1. The zero-order valence-corrected chi connectivity index (χ0v) is 16.5. The zero-order valence-electron chi connectivity index (χ0n) is 16.5. The molecule has 30 heavy (non-hydrogen) atoms. The van der Waals surface area contributed by atoms with Gasteiger partial charge in [-0.2, -0.15) is 0 Å². The first-order chi connectivity index (χ1) is 14.5. The van der Waals surface area contributed by atoms with Crippen LogP contribution in [0.3, 0.4) is 0 Å². The zero-order chi connectivity index (χ0) is 21.0. The number of para-hydroxylation sites is 1. The predicted octanol–water partition coefficient (Wildman–Crippen LogP) is 2.84. The van der Waals surface area contributed by atoms with Gasteiger partial charge in [0.1, 0.15) is 11.6 Å². The molecular formula is C21H24F2N4O3. The van der Waals surface area contributed by atoms with E-state index in [4.69, 9.17) is 9.47 Å². The number of hydrogen-bond acceptors (Lipinski definition) is 5. The first-order valence-corrected chi connectivity index (χ1v) is 9.94. The molecule has 1 aromatic heterocycles. The fraction of sp³-hybridized carbons (Fsp3) is 0.429. The van der Waals surface area contributed by atoms with Gasteiger partial charge in [0.05, 0.1) is 38.2 Å². The number of carbonyl (C=O) groups excluding carboxylic acids is 1. The molecule has 4 rings (SSSR count). The second-order valence-electron chi connectivity index (χ2n) is 7.47. The monoisotopic (exact) mass is 418 g/mol. The molecule has 1 N–H and O–H groups in total. The third-order valence-corrected chi connectivity index (χ3v) is 5.26. The summed E-state index contributed by atoms with van der Waals surface area (Å²) >= 11 is 0. The molecule has 0 saturated carbocycles. The summed E-state index contributed by atoms with van der Waals surface area (Å²) in [6.45, 7) is 2.82. The number of pyridine rings is 1. The minimum atomic E-state index is -1.01. The molecule has 1 spiro atoms. The SMILES string of the molecule is O=C(Nc1ccccc1F)N1CCOC2(CN(Cc3ccncc3F)CCCO2)C1. The van der Waals surface area contributed by atoms with E-state index in [9.17, 15) is 13.6 Å². The Morgan fingerprint density at radius 3 is 2.77 bits per heavy atom. The maximum absolute atomic E-state index is 14.0. The Kier molecular flexibility index (Phi) is 6.21. The predicted molar refractivity (Wildman–Crippen MR) is 106 cm³/mol. The van der Waals surface area contributed by atoms with Crippen LogP contribution in [0.4, 0.5) is 19.3 Å². The third-order valence-electron chi connectivity index (χ3n) is 5.26. The van der Waals surface area contributed by atoms with Crippen molar-refractivity contribution in [2.45, 2.75) is 18.8 Å². The number of rotatable bonds is 3. The molecule has 1 aromatic carbocycles. The number of benzene rings is 1. The van der Waals surface area contributed by atoms with Gasteiger partial charge in [-0.05, 0) is 24.6 Å². The third kappa shape index (κ3) is 4.75. The van der Waals surface area contributed by atoms with Gasteiger partial charge in [-0.3, -0.25) is 9.88 Å². The smallest absolute Gasteiger partial charge is 0.322 e. The van der Waals surface area contributed by atoms with E-state index in [-0.39, 0.29) is 18.0 Å². The van der Waals surface area contributed by atoms with Crippen LogP contribution in [-0.4, -0.2) is 66.0 Å². The minimum Gasteiger partial charge on any atom is -0.347 e. The molecule has 2 aliphatic heterocycles. The van der Waals surface area contributed by atoms with Gasteiger partial charge in [0, 0.05) is 31.4 Å². The number of amides is 2. The van der Waals surface area contributed by atoms with Crippen molar-refractivity contribution in [3.8, 4) is 0 Å². The van der Waals surface area contributed by atoms with Crippen molar-refractivity contribution in [2.24, 2.45) is 0 Å². The molecule has 1 atom stereocenters. The molecule has 2 fully saturated rings. The largest absolute Gasteiger partial charge is 0.347 e. The molecule has 9 heteroatoms. The van der Waals surface area contributed by atoms with Gasteiger partial charge in [0.15, 0.2) is 5.79 Å². The van der Waals surface area contributed by atoms with Gasteiger partial charge in [0.2, 0.25) is 0 Å². The van der Waals surface area contributed by atoms with E-state index in [1.807, 2.05) is 0 Å². The Labute approximate surface area is 173 Å². The van der Waals surface area contributed by atoms with Crippen LogP contribution in [0.2, 0.25) is 0 Å². The second kappa shape index (κ2) is 9.03. The van der Waals surface area contributed by atoms with Gasteiger partial charge >= 0.3 is 6.03 Å². The van der Waals surface area contributed by atoms with Gasteiger partial charge in [0.25, 0.3) is 0 Å². The first-order valence-electron chi connectivity index (χ1n) is 9.94. The van der Waals surface area contributed by atoms with Crippen LogP contribution in [0.1, 0.15) is 12.0 Å². The summed E-state index contributed by atoms with van der Waals surface area (Å²) < 4.78 is 39.9. The van der Waals surface area contributed by atoms with Crippen LogP contribution < -0.4 is 5.32 Å². The Bertz CT molecular complexity index is 900. The molecular weight excluding hydrogens is 394 g/mol. The Balaban J connectivity index is 1.45. The molecule has 3 heterocycles. The summed E-state index contributed by atoms with van der Waals surface area (Å²) in [4.78, 5) is 20.1. The van der Waals surface area contributed by atoms with Crippen LogP contribution in [0, 0.1) is 11.6 Å². The van der Waals surface area contributed by atoms with Gasteiger partial charge in [-0.25, -0.2) is 13.6 Å². The molecule has 2 aliphatic rings. The fourth-order valence-corrected chi connectivity index (χ4v) is 3.79. The highest BCUT2D eigenvalue weighted by Crippen LogP contribution is 2.26. The van der Waals surface area contributed by atoms with Crippen LogP contribution in [0.5, 0.6) is 0 Å². The van der Waals surface area contributed by atoms with Crippen LogP contribution >= 0.6 is 0 Å². The van der Waals surface area contributed by atoms with E-state index in [0.717, 1.165) is 6.42 Å². The summed E-state index contributed by atoms with van der Waals surface area (Å²) in [5.41, 5.74) is 0.673. The van der Waals surface area contributed by atoms with Crippen molar-refractivity contribution >= 4 is 11.7 Å². The normalized spacial score (nSPS) is 22.7. The lowest BCUT2D eigenvalue weighted by Gasteiger charge is -2.43. The average molecular weight is 418 g/mol. The number of carbonyl (C=O) groups is 1. The Morgan fingerprint density at radius 1 is 1.10 bits per heavy atom. The van der Waals surface area contributed by atoms with Gasteiger partial charge in [-0.1, -0.05) is 12.1 Å².